The number of halogens is 1. The molecule has 0 aromatic carbocycles. The number of ether oxygens (including phenoxy) is 1. The van der Waals surface area contributed by atoms with Gasteiger partial charge in [-0.05, 0) is 76.0 Å². The topological polar surface area (TPSA) is 85.7 Å². The maximum absolute atomic E-state index is 12.5. The van der Waals surface area contributed by atoms with E-state index in [1.807, 2.05) is 13.8 Å². The van der Waals surface area contributed by atoms with Crippen molar-refractivity contribution in [3.8, 4) is 6.07 Å². The molecule has 0 radical (unpaired) electrons. The van der Waals surface area contributed by atoms with E-state index in [2.05, 4.69) is 11.4 Å². The number of hydrogen-bond donors (Lipinski definition) is 1. The van der Waals surface area contributed by atoms with Crippen molar-refractivity contribution >= 4 is 23.8 Å². The Morgan fingerprint density at radius 3 is 2.56 bits per heavy atom. The summed E-state index contributed by atoms with van der Waals surface area (Å²) in [5, 5.41) is 11.9. The van der Waals surface area contributed by atoms with Crippen LogP contribution in [0.3, 0.4) is 0 Å². The fourth-order valence-electron chi connectivity index (χ4n) is 4.82. The van der Waals surface area contributed by atoms with Crippen molar-refractivity contribution in [3.63, 3.8) is 0 Å². The van der Waals surface area contributed by atoms with E-state index in [1.165, 1.54) is 0 Å². The molecule has 1 N–H and O–H groups in total. The lowest BCUT2D eigenvalue weighted by Crippen LogP contribution is -2.42. The zero-order chi connectivity index (χ0) is 19.6. The molecule has 1 unspecified atom stereocenters. The number of carbonyl (C=O) groups is 2. The second kappa shape index (κ2) is 8.66. The van der Waals surface area contributed by atoms with Crippen LogP contribution in [0.15, 0.2) is 0 Å². The maximum Gasteiger partial charge on any atom is 0.407 e. The quantitative estimate of drug-likeness (QED) is 0.722. The van der Waals surface area contributed by atoms with Crippen molar-refractivity contribution in [2.24, 2.45) is 11.8 Å². The number of likely N-dealkylation sites (tertiary alicyclic amines) is 1. The number of rotatable bonds is 5. The van der Waals surface area contributed by atoms with Gasteiger partial charge >= 0.3 is 6.09 Å². The van der Waals surface area contributed by atoms with E-state index in [9.17, 15) is 9.59 Å². The fraction of sp³-hybridized carbons (Fsp3) is 0.842. The van der Waals surface area contributed by atoms with Gasteiger partial charge in [0.15, 0.2) is 0 Å². The van der Waals surface area contributed by atoms with E-state index < -0.39 is 0 Å². The van der Waals surface area contributed by atoms with Crippen LogP contribution in [0.25, 0.3) is 0 Å². The molecule has 150 valence electrons. The molecule has 1 aliphatic heterocycles. The Hall–Kier alpha value is -1.52. The lowest BCUT2D eigenvalue weighted by Gasteiger charge is -2.26. The Morgan fingerprint density at radius 1 is 1.30 bits per heavy atom. The first-order valence-corrected chi connectivity index (χ1v) is 10.3. The minimum atomic E-state index is -0.339. The van der Waals surface area contributed by atoms with Gasteiger partial charge in [0.25, 0.3) is 0 Å². The van der Waals surface area contributed by atoms with Gasteiger partial charge in [0, 0.05) is 18.6 Å². The summed E-state index contributed by atoms with van der Waals surface area (Å²) >= 11 is 6.45. The smallest absolute Gasteiger partial charge is 0.407 e. The average Bonchev–Trinajstić information content (AvgIpc) is 3.27. The van der Waals surface area contributed by atoms with Gasteiger partial charge in [-0.15, -0.1) is 0 Å². The number of nitriles is 1. The fourth-order valence-corrected chi connectivity index (χ4v) is 5.09. The van der Waals surface area contributed by atoms with Crippen LogP contribution in [0.4, 0.5) is 4.79 Å². The predicted molar refractivity (Wildman–Crippen MR) is 101 cm³/mol. The molecule has 0 spiro atoms. The SMILES string of the molecule is CC(C)NC(=O)O[C@H]1C[C@H]2CC(N(Cl)CC(=O)N3CCC[C@H]3C#N)C[C@H]2C1. The van der Waals surface area contributed by atoms with E-state index in [4.69, 9.17) is 21.8 Å². The first kappa shape index (κ1) is 20.2. The van der Waals surface area contributed by atoms with Crippen LogP contribution in [0.5, 0.6) is 0 Å². The monoisotopic (exact) mass is 396 g/mol. The summed E-state index contributed by atoms with van der Waals surface area (Å²) in [6.45, 7) is 4.62. The highest BCUT2D eigenvalue weighted by molar-refractivity contribution is 6.14. The minimum absolute atomic E-state index is 0.0221. The molecule has 3 rings (SSSR count). The van der Waals surface area contributed by atoms with Crippen molar-refractivity contribution < 1.29 is 14.3 Å². The highest BCUT2D eigenvalue weighted by atomic mass is 35.5. The summed E-state index contributed by atoms with van der Waals surface area (Å²) in [6.07, 6.45) is 4.86. The van der Waals surface area contributed by atoms with E-state index in [1.54, 1.807) is 9.32 Å². The molecule has 2 saturated carbocycles. The number of carbonyl (C=O) groups excluding carboxylic acids is 2. The maximum atomic E-state index is 12.5. The second-order valence-corrected chi connectivity index (χ2v) is 8.81. The Bertz CT molecular complexity index is 594. The van der Waals surface area contributed by atoms with Gasteiger partial charge < -0.3 is 15.0 Å². The number of nitrogens with zero attached hydrogens (tertiary/aromatic N) is 3. The molecular weight excluding hydrogens is 368 g/mol. The van der Waals surface area contributed by atoms with Gasteiger partial charge in [-0.2, -0.15) is 5.26 Å². The molecule has 7 nitrogen and oxygen atoms in total. The molecule has 5 atom stereocenters. The van der Waals surface area contributed by atoms with Gasteiger partial charge in [-0.1, -0.05) is 0 Å². The zero-order valence-electron chi connectivity index (χ0n) is 16.1. The summed E-state index contributed by atoms with van der Waals surface area (Å²) in [5.74, 6) is 0.918. The van der Waals surface area contributed by atoms with Crippen LogP contribution in [0, 0.1) is 23.2 Å². The highest BCUT2D eigenvalue weighted by Gasteiger charge is 2.45. The van der Waals surface area contributed by atoms with Crippen molar-refractivity contribution in [2.75, 3.05) is 13.1 Å². The Balaban J connectivity index is 1.44. The molecule has 1 saturated heterocycles. The standard InChI is InChI=1S/C19H29ClN4O3/c1-12(2)22-19(26)27-17-8-13-6-16(7-14(13)9-17)24(20)11-18(25)23-5-3-4-15(23)10-21/h12-17H,3-9,11H2,1-2H3,(H,22,26)/t13-,14+,15-,16?,17+/m0/s1. The van der Waals surface area contributed by atoms with Crippen molar-refractivity contribution in [3.05, 3.63) is 0 Å². The van der Waals surface area contributed by atoms with Crippen LogP contribution in [0.2, 0.25) is 0 Å². The van der Waals surface area contributed by atoms with Gasteiger partial charge in [0.05, 0.1) is 12.6 Å². The third-order valence-corrected chi connectivity index (χ3v) is 6.43. The molecule has 0 aromatic heterocycles. The average molecular weight is 397 g/mol. The molecule has 2 amide bonds. The summed E-state index contributed by atoms with van der Waals surface area (Å²) in [6, 6.07) is 2.13. The van der Waals surface area contributed by atoms with E-state index in [-0.39, 0.29) is 42.8 Å². The Labute approximate surface area is 166 Å². The van der Waals surface area contributed by atoms with Crippen LogP contribution in [0.1, 0.15) is 52.4 Å². The molecular formula is C19H29ClN4O3. The number of nitrogens with one attached hydrogen (secondary N) is 1. The summed E-state index contributed by atoms with van der Waals surface area (Å²) in [7, 11) is 0. The lowest BCUT2D eigenvalue weighted by atomic mass is 10.0. The third-order valence-electron chi connectivity index (χ3n) is 6.03. The van der Waals surface area contributed by atoms with Gasteiger partial charge in [0.1, 0.15) is 12.1 Å². The summed E-state index contributed by atoms with van der Waals surface area (Å²) in [4.78, 5) is 25.9. The van der Waals surface area contributed by atoms with E-state index >= 15 is 0 Å². The molecule has 1 heterocycles. The summed E-state index contributed by atoms with van der Waals surface area (Å²) in [5.41, 5.74) is 0. The molecule has 27 heavy (non-hydrogen) atoms. The van der Waals surface area contributed by atoms with Crippen LogP contribution >= 0.6 is 11.8 Å². The van der Waals surface area contributed by atoms with Gasteiger partial charge in [-0.3, -0.25) is 4.79 Å². The number of hydrogen-bond acceptors (Lipinski definition) is 5. The van der Waals surface area contributed by atoms with Gasteiger partial charge in [-0.25, -0.2) is 9.21 Å². The first-order chi connectivity index (χ1) is 12.9. The molecule has 0 bridgehead atoms. The summed E-state index contributed by atoms with van der Waals surface area (Å²) < 4.78 is 7.16. The first-order valence-electron chi connectivity index (χ1n) is 9.96. The normalized spacial score (nSPS) is 32.6. The largest absolute Gasteiger partial charge is 0.446 e. The second-order valence-electron chi connectivity index (χ2n) is 8.38. The molecule has 2 aliphatic carbocycles. The number of alkyl carbamates (subject to hydrolysis) is 1. The highest BCUT2D eigenvalue weighted by Crippen LogP contribution is 2.47. The molecule has 8 heteroatoms. The van der Waals surface area contributed by atoms with Crippen LogP contribution in [-0.4, -0.2) is 58.6 Å². The predicted octanol–water partition coefficient (Wildman–Crippen LogP) is 2.65. The molecule has 0 aromatic rings. The Kier molecular flexibility index (Phi) is 6.48. The van der Waals surface area contributed by atoms with Crippen LogP contribution in [-0.2, 0) is 9.53 Å². The minimum Gasteiger partial charge on any atom is -0.446 e. The Morgan fingerprint density at radius 2 is 1.96 bits per heavy atom. The zero-order valence-corrected chi connectivity index (χ0v) is 16.8. The van der Waals surface area contributed by atoms with E-state index in [0.29, 0.717) is 18.4 Å². The van der Waals surface area contributed by atoms with Crippen molar-refractivity contribution in [1.29, 1.82) is 5.26 Å². The number of amides is 2. The third kappa shape index (κ3) is 4.85. The van der Waals surface area contributed by atoms with Crippen LogP contribution < -0.4 is 5.32 Å². The lowest BCUT2D eigenvalue weighted by molar-refractivity contribution is -0.131. The number of fused-ring (bicyclic) bond motifs is 1. The van der Waals surface area contributed by atoms with Crippen molar-refractivity contribution in [2.45, 2.75) is 76.6 Å². The molecule has 3 fully saturated rings. The van der Waals surface area contributed by atoms with Gasteiger partial charge in [0.2, 0.25) is 5.91 Å². The van der Waals surface area contributed by atoms with E-state index in [0.717, 1.165) is 38.5 Å². The molecule has 3 aliphatic rings. The van der Waals surface area contributed by atoms with Crippen molar-refractivity contribution in [1.82, 2.24) is 14.6 Å².